The maximum Gasteiger partial charge on any atom is 0.224 e. The number of benzene rings is 4. The van der Waals surface area contributed by atoms with Crippen molar-refractivity contribution in [3.8, 4) is 11.5 Å². The molecule has 0 fully saturated rings. The number of aliphatic hydroxyl groups is 1. The number of aromatic amines is 1. The Labute approximate surface area is 566 Å². The maximum atomic E-state index is 14.7. The maximum absolute atomic E-state index is 14.7. The van der Waals surface area contributed by atoms with Crippen LogP contribution in [0.25, 0.3) is 10.9 Å². The largest absolute Gasteiger partial charge is 0.508 e. The molecule has 28 nitrogen and oxygen atoms in total. The molecule has 0 aliphatic carbocycles. The van der Waals surface area contributed by atoms with E-state index in [9.17, 15) is 77.6 Å². The average molecular weight is 1360 g/mol. The van der Waals surface area contributed by atoms with Crippen LogP contribution >= 0.6 is 0 Å². The fraction of sp³-hybridized carbons (Fsp3) is 0.429. The molecule has 0 bridgehead atoms. The molecular formula is C70H90N12O16. The van der Waals surface area contributed by atoms with Gasteiger partial charge in [-0.3, -0.25) is 67.3 Å². The number of phenols is 2. The van der Waals surface area contributed by atoms with E-state index in [0.717, 1.165) is 0 Å². The minimum atomic E-state index is -1.75. The smallest absolute Gasteiger partial charge is 0.224 e. The Kier molecular flexibility index (Phi) is 30.9. The standard InChI is InChI=1S/C70H90N12O16/c1-39(2)24-45(67(96)80-55(14-9-23-76-70(74)75)59(88)30-44(65(73)94)25-42-15-19-50(85)20-16-42)28-52(87)37-78-66(95)46(26-41-10-5-4-6-11-41)31-62(91)58(38-83)82-69(98)48(35-64(72)93)33-61(90)57(29-49-36-77-54-13-8-7-12-53(49)54)81-68(97)47(34-63(71)92)32-60(89)56(79-40(3)84)27-43-17-21-51(86)22-18-43/h4-8,10-13,15-22,36,39,44-48,55-58,77,83,85-86H,9,14,23-35,37-38H2,1-3H3,(H2,71,92)(H2,72,93)(H2,73,94)(H,78,95)(H,79,84)(H,80,96)(H,81,97)(H,82,98)(H4,74,75,76)/t44-,45-,46-,47+,48+,55+,56+,57+,58+/m1/s1. The number of primary amides is 3. The van der Waals surface area contributed by atoms with Crippen LogP contribution in [-0.4, -0.2) is 146 Å². The Balaban J connectivity index is 1.32. The van der Waals surface area contributed by atoms with Gasteiger partial charge in [0.25, 0.3) is 0 Å². The molecule has 0 saturated carbocycles. The first-order valence-corrected chi connectivity index (χ1v) is 32.2. The monoisotopic (exact) mass is 1350 g/mol. The number of hydrogen-bond acceptors (Lipinski definition) is 17. The van der Waals surface area contributed by atoms with Gasteiger partial charge in [0.15, 0.2) is 34.9 Å². The number of nitrogens with two attached hydrogens (primary N) is 5. The molecule has 1 aromatic heterocycles. The summed E-state index contributed by atoms with van der Waals surface area (Å²) in [6, 6.07) is 21.6. The minimum Gasteiger partial charge on any atom is -0.508 e. The van der Waals surface area contributed by atoms with Crippen molar-refractivity contribution in [1.82, 2.24) is 31.6 Å². The number of aromatic nitrogens is 1. The molecule has 0 spiro atoms. The van der Waals surface area contributed by atoms with Crippen LogP contribution in [0.5, 0.6) is 11.5 Å². The van der Waals surface area contributed by atoms with E-state index in [1.54, 1.807) is 72.9 Å². The number of aliphatic hydroxyl groups excluding tert-OH is 1. The molecule has 5 aromatic rings. The molecule has 5 rings (SSSR count). The first-order chi connectivity index (χ1) is 46.5. The zero-order valence-corrected chi connectivity index (χ0v) is 55.2. The molecule has 0 unspecified atom stereocenters. The molecule has 19 N–H and O–H groups in total. The number of aromatic hydroxyl groups is 2. The van der Waals surface area contributed by atoms with Crippen LogP contribution in [0.2, 0.25) is 0 Å². The van der Waals surface area contributed by atoms with Crippen LogP contribution in [0, 0.1) is 35.5 Å². The highest BCUT2D eigenvalue weighted by atomic mass is 16.3. The summed E-state index contributed by atoms with van der Waals surface area (Å²) in [6.45, 7) is 3.26. The number of amides is 8. The van der Waals surface area contributed by atoms with E-state index in [1.807, 2.05) is 13.8 Å². The lowest BCUT2D eigenvalue weighted by atomic mass is 9.88. The van der Waals surface area contributed by atoms with Crippen LogP contribution in [0.15, 0.2) is 114 Å². The molecule has 98 heavy (non-hydrogen) atoms. The van der Waals surface area contributed by atoms with E-state index >= 15 is 0 Å². The number of ketones is 5. The summed E-state index contributed by atoms with van der Waals surface area (Å²) in [4.78, 5) is 185. The van der Waals surface area contributed by atoms with Gasteiger partial charge in [-0.25, -0.2) is 0 Å². The summed E-state index contributed by atoms with van der Waals surface area (Å²) in [5.41, 5.74) is 30.9. The van der Waals surface area contributed by atoms with Gasteiger partial charge in [-0.2, -0.15) is 0 Å². The van der Waals surface area contributed by atoms with Crippen molar-refractivity contribution in [1.29, 1.82) is 0 Å². The quantitative estimate of drug-likeness (QED) is 0.0148. The molecule has 8 amide bonds. The summed E-state index contributed by atoms with van der Waals surface area (Å²) in [5, 5.41) is 43.8. The molecule has 0 radical (unpaired) electrons. The van der Waals surface area contributed by atoms with Gasteiger partial charge in [0.05, 0.1) is 43.1 Å². The van der Waals surface area contributed by atoms with Crippen LogP contribution in [0.4, 0.5) is 0 Å². The summed E-state index contributed by atoms with van der Waals surface area (Å²) in [6.07, 6.45) is -2.64. The number of carbonyl (C=O) groups is 13. The minimum absolute atomic E-state index is 0.00608. The van der Waals surface area contributed by atoms with Crippen molar-refractivity contribution in [2.45, 2.75) is 135 Å². The summed E-state index contributed by atoms with van der Waals surface area (Å²) >= 11 is 0. The average Bonchev–Trinajstić information content (AvgIpc) is 1.61. The number of H-pyrrole nitrogens is 1. The Bertz CT molecular complexity index is 3650. The van der Waals surface area contributed by atoms with Crippen LogP contribution in [0.1, 0.15) is 107 Å². The van der Waals surface area contributed by atoms with Gasteiger partial charge in [-0.1, -0.05) is 86.6 Å². The topological polar surface area (TPSA) is 501 Å². The number of phenolic OH excluding ortho intramolecular Hbond substituents is 2. The van der Waals surface area contributed by atoms with Gasteiger partial charge in [-0.05, 0) is 97.0 Å². The molecule has 9 atom stereocenters. The highest BCUT2D eigenvalue weighted by Gasteiger charge is 2.37. The lowest BCUT2D eigenvalue weighted by molar-refractivity contribution is -0.137. The summed E-state index contributed by atoms with van der Waals surface area (Å²) < 4.78 is 0. The van der Waals surface area contributed by atoms with Crippen molar-refractivity contribution in [2.75, 3.05) is 19.7 Å². The zero-order valence-electron chi connectivity index (χ0n) is 55.2. The van der Waals surface area contributed by atoms with Crippen molar-refractivity contribution in [3.63, 3.8) is 0 Å². The number of guanidine groups is 1. The fourth-order valence-corrected chi connectivity index (χ4v) is 11.5. The van der Waals surface area contributed by atoms with E-state index < -0.39 is 182 Å². The second kappa shape index (κ2) is 38.8. The van der Waals surface area contributed by atoms with Crippen molar-refractivity contribution < 1.29 is 77.6 Å². The molecule has 1 heterocycles. The molecule has 0 saturated heterocycles. The van der Waals surface area contributed by atoms with Crippen molar-refractivity contribution >= 4 is 93.0 Å². The number of carbonyl (C=O) groups excluding carboxylic acids is 13. The Morgan fingerprint density at radius 3 is 1.50 bits per heavy atom. The fourth-order valence-electron chi connectivity index (χ4n) is 11.5. The van der Waals surface area contributed by atoms with Gasteiger partial charge in [0, 0.05) is 99.7 Å². The van der Waals surface area contributed by atoms with E-state index in [1.165, 1.54) is 43.3 Å². The van der Waals surface area contributed by atoms with Crippen molar-refractivity contribution in [3.05, 3.63) is 132 Å². The Morgan fingerprint density at radius 1 is 0.490 bits per heavy atom. The molecule has 4 aromatic carbocycles. The van der Waals surface area contributed by atoms with E-state index in [-0.39, 0.29) is 81.3 Å². The molecule has 28 heteroatoms. The number of para-hydroxylation sites is 1. The molecule has 0 aliphatic heterocycles. The zero-order chi connectivity index (χ0) is 72.2. The van der Waals surface area contributed by atoms with Gasteiger partial charge < -0.3 is 75.6 Å². The lowest BCUT2D eigenvalue weighted by Crippen LogP contribution is -2.50. The highest BCUT2D eigenvalue weighted by Crippen LogP contribution is 2.25. The third-order valence-electron chi connectivity index (χ3n) is 16.5. The van der Waals surface area contributed by atoms with Crippen LogP contribution in [0.3, 0.4) is 0 Å². The third-order valence-corrected chi connectivity index (χ3v) is 16.5. The Hall–Kier alpha value is -10.6. The highest BCUT2D eigenvalue weighted by molar-refractivity contribution is 6.00. The first-order valence-electron chi connectivity index (χ1n) is 32.2. The number of hydrogen-bond donors (Lipinski definition) is 14. The van der Waals surface area contributed by atoms with Crippen molar-refractivity contribution in [2.24, 2.45) is 69.2 Å². The second-order valence-electron chi connectivity index (χ2n) is 25.1. The lowest BCUT2D eigenvalue weighted by Gasteiger charge is -2.25. The number of rotatable bonds is 44. The van der Waals surface area contributed by atoms with E-state index in [4.69, 9.17) is 28.7 Å². The number of fused-ring (bicyclic) bond motifs is 1. The number of Topliss-reactive ketones (excluding diaryl/α,β-unsaturated/α-hetero) is 5. The van der Waals surface area contributed by atoms with Gasteiger partial charge in [-0.15, -0.1) is 0 Å². The summed E-state index contributed by atoms with van der Waals surface area (Å²) in [7, 11) is 0. The van der Waals surface area contributed by atoms with E-state index in [0.29, 0.717) is 33.2 Å². The number of nitrogens with one attached hydrogen (secondary N) is 6. The SMILES string of the molecule is CC(=O)N[C@@H](Cc1ccc(O)cc1)C(=O)C[C@@H](CC(N)=O)C(=O)N[C@@H](Cc1c[nH]c2ccccc12)C(=O)C[C@@H](CC(N)=O)C(=O)N[C@@H](CO)C(=O)C[C@@H](Cc1ccccc1)C(=O)NCC(=O)C[C@@H](CC(C)C)C(=O)N[C@@H](CCCN=C(N)N)C(=O)C[C@@H](Cc1ccc(O)cc1)C(N)=O. The number of aliphatic imine (C=N–C) groups is 1. The molecule has 526 valence electrons. The number of nitrogens with zero attached hydrogens (tertiary/aromatic N) is 1. The molecular weight excluding hydrogens is 1260 g/mol. The van der Waals surface area contributed by atoms with Gasteiger partial charge in [0.1, 0.15) is 17.5 Å². The second-order valence-corrected chi connectivity index (χ2v) is 25.1. The predicted octanol–water partition coefficient (Wildman–Crippen LogP) is 1.13. The van der Waals surface area contributed by atoms with Crippen LogP contribution in [-0.2, 0) is 88.0 Å². The summed E-state index contributed by atoms with van der Waals surface area (Å²) in [5.74, 6) is -17.3. The predicted molar refractivity (Wildman–Crippen MR) is 361 cm³/mol. The van der Waals surface area contributed by atoms with Gasteiger partial charge in [0.2, 0.25) is 47.3 Å². The molecule has 0 aliphatic rings. The Morgan fingerprint density at radius 2 is 0.959 bits per heavy atom. The third kappa shape index (κ3) is 26.5. The van der Waals surface area contributed by atoms with E-state index in [2.05, 4.69) is 36.6 Å². The van der Waals surface area contributed by atoms with Crippen LogP contribution < -0.4 is 55.3 Å². The first kappa shape index (κ1) is 78.1. The normalized spacial score (nSPS) is 13.9. The van der Waals surface area contributed by atoms with Gasteiger partial charge >= 0.3 is 0 Å².